The maximum atomic E-state index is 12.4. The molecule has 1 aromatic carbocycles. The van der Waals surface area contributed by atoms with E-state index in [1.807, 2.05) is 36.1 Å². The van der Waals surface area contributed by atoms with E-state index in [1.54, 1.807) is 11.8 Å². The maximum absolute atomic E-state index is 12.4. The van der Waals surface area contributed by atoms with Gasteiger partial charge in [-0.3, -0.25) is 4.79 Å². The van der Waals surface area contributed by atoms with E-state index in [0.717, 1.165) is 42.0 Å². The molecule has 1 saturated heterocycles. The Hall–Kier alpha value is -0.520. The lowest BCUT2D eigenvalue weighted by Gasteiger charge is -2.23. The van der Waals surface area contributed by atoms with E-state index >= 15 is 0 Å². The molecule has 5 heteroatoms. The first-order valence-electron chi connectivity index (χ1n) is 6.58. The number of rotatable bonds is 3. The van der Waals surface area contributed by atoms with Crippen molar-refractivity contribution in [3.8, 4) is 0 Å². The molecule has 0 saturated carbocycles. The van der Waals surface area contributed by atoms with Crippen LogP contribution in [0.4, 0.5) is 0 Å². The SMILES string of the molecule is CC(Sc1ccc(Br)cc1)C(=O)N1CCCNCC1. The fourth-order valence-corrected chi connectivity index (χ4v) is 3.31. The van der Waals surface area contributed by atoms with Crippen LogP contribution in [-0.2, 0) is 4.79 Å². The Morgan fingerprint density at radius 3 is 2.79 bits per heavy atom. The van der Waals surface area contributed by atoms with Gasteiger partial charge in [0.25, 0.3) is 0 Å². The molecule has 1 aliphatic rings. The summed E-state index contributed by atoms with van der Waals surface area (Å²) in [5.74, 6) is 0.247. The van der Waals surface area contributed by atoms with Crippen LogP contribution in [0.2, 0.25) is 0 Å². The van der Waals surface area contributed by atoms with Gasteiger partial charge in [-0.05, 0) is 44.2 Å². The van der Waals surface area contributed by atoms with Gasteiger partial charge in [0.15, 0.2) is 0 Å². The maximum Gasteiger partial charge on any atom is 0.235 e. The van der Waals surface area contributed by atoms with E-state index in [2.05, 4.69) is 21.2 Å². The first kappa shape index (κ1) is 14.9. The highest BCUT2D eigenvalue weighted by molar-refractivity contribution is 9.10. The van der Waals surface area contributed by atoms with Crippen LogP contribution in [-0.4, -0.2) is 42.2 Å². The van der Waals surface area contributed by atoms with E-state index in [9.17, 15) is 4.79 Å². The standard InChI is InChI=1S/C14H19BrN2OS/c1-11(19-13-5-3-12(15)4-6-13)14(18)17-9-2-7-16-8-10-17/h3-6,11,16H,2,7-10H2,1H3. The topological polar surface area (TPSA) is 32.3 Å². The van der Waals surface area contributed by atoms with E-state index < -0.39 is 0 Å². The zero-order chi connectivity index (χ0) is 13.7. The van der Waals surface area contributed by atoms with Crippen molar-refractivity contribution < 1.29 is 4.79 Å². The summed E-state index contributed by atoms with van der Waals surface area (Å²) in [6.45, 7) is 5.61. The average Bonchev–Trinajstić information content (AvgIpc) is 2.69. The lowest BCUT2D eigenvalue weighted by molar-refractivity contribution is -0.130. The van der Waals surface area contributed by atoms with Gasteiger partial charge in [-0.1, -0.05) is 15.9 Å². The monoisotopic (exact) mass is 342 g/mol. The third kappa shape index (κ3) is 4.51. The van der Waals surface area contributed by atoms with E-state index in [-0.39, 0.29) is 11.2 Å². The van der Waals surface area contributed by atoms with Crippen molar-refractivity contribution in [2.24, 2.45) is 0 Å². The number of benzene rings is 1. The van der Waals surface area contributed by atoms with Gasteiger partial charge in [-0.15, -0.1) is 11.8 Å². The average molecular weight is 343 g/mol. The highest BCUT2D eigenvalue weighted by Gasteiger charge is 2.21. The van der Waals surface area contributed by atoms with Crippen LogP contribution in [0.15, 0.2) is 33.6 Å². The lowest BCUT2D eigenvalue weighted by atomic mass is 10.3. The van der Waals surface area contributed by atoms with Gasteiger partial charge in [0.2, 0.25) is 5.91 Å². The molecule has 0 aliphatic carbocycles. The smallest absolute Gasteiger partial charge is 0.235 e. The lowest BCUT2D eigenvalue weighted by Crippen LogP contribution is -2.38. The zero-order valence-electron chi connectivity index (χ0n) is 11.1. The molecule has 104 valence electrons. The van der Waals surface area contributed by atoms with Gasteiger partial charge in [0.1, 0.15) is 0 Å². The highest BCUT2D eigenvalue weighted by Crippen LogP contribution is 2.26. The molecule has 0 aromatic heterocycles. The van der Waals surface area contributed by atoms with Crippen molar-refractivity contribution in [1.82, 2.24) is 10.2 Å². The molecule has 1 unspecified atom stereocenters. The Balaban J connectivity index is 1.92. The van der Waals surface area contributed by atoms with Crippen LogP contribution >= 0.6 is 27.7 Å². The molecule has 1 aliphatic heterocycles. The van der Waals surface area contributed by atoms with Gasteiger partial charge in [0, 0.05) is 29.0 Å². The van der Waals surface area contributed by atoms with Crippen LogP contribution in [0.25, 0.3) is 0 Å². The third-order valence-corrected chi connectivity index (χ3v) is 4.75. The summed E-state index contributed by atoms with van der Waals surface area (Å²) in [6, 6.07) is 8.11. The van der Waals surface area contributed by atoms with Crippen LogP contribution in [0, 0.1) is 0 Å². The molecule has 1 N–H and O–H groups in total. The van der Waals surface area contributed by atoms with E-state index in [1.165, 1.54) is 0 Å². The minimum absolute atomic E-state index is 0.0284. The van der Waals surface area contributed by atoms with Crippen molar-refractivity contribution in [2.45, 2.75) is 23.5 Å². The second-order valence-corrected chi connectivity index (χ2v) is 6.97. The fourth-order valence-electron chi connectivity index (χ4n) is 2.09. The van der Waals surface area contributed by atoms with Crippen LogP contribution in [0.5, 0.6) is 0 Å². The van der Waals surface area contributed by atoms with E-state index in [4.69, 9.17) is 0 Å². The minimum Gasteiger partial charge on any atom is -0.340 e. The van der Waals surface area contributed by atoms with E-state index in [0.29, 0.717) is 0 Å². The predicted octanol–water partition coefficient (Wildman–Crippen LogP) is 2.75. The number of nitrogens with zero attached hydrogens (tertiary/aromatic N) is 1. The Kier molecular flexibility index (Phi) is 5.73. The molecular weight excluding hydrogens is 324 g/mol. The fraction of sp³-hybridized carbons (Fsp3) is 0.500. The molecule has 19 heavy (non-hydrogen) atoms. The number of carbonyl (C=O) groups is 1. The number of hydrogen-bond donors (Lipinski definition) is 1. The van der Waals surface area contributed by atoms with Crippen LogP contribution in [0.3, 0.4) is 0 Å². The van der Waals surface area contributed by atoms with Gasteiger partial charge < -0.3 is 10.2 Å². The summed E-state index contributed by atoms with van der Waals surface area (Å²) in [5.41, 5.74) is 0. The first-order valence-corrected chi connectivity index (χ1v) is 8.26. The molecule has 0 spiro atoms. The molecule has 1 aromatic rings. The number of carbonyl (C=O) groups excluding carboxylic acids is 1. The zero-order valence-corrected chi connectivity index (χ0v) is 13.5. The highest BCUT2D eigenvalue weighted by atomic mass is 79.9. The Labute approximate surface area is 127 Å². The summed E-state index contributed by atoms with van der Waals surface area (Å²) in [5, 5.41) is 3.29. The first-order chi connectivity index (χ1) is 9.16. The minimum atomic E-state index is -0.0284. The van der Waals surface area contributed by atoms with Crippen molar-refractivity contribution in [3.05, 3.63) is 28.7 Å². The molecule has 1 fully saturated rings. The second kappa shape index (κ2) is 7.31. The molecule has 1 heterocycles. The van der Waals surface area contributed by atoms with Gasteiger partial charge >= 0.3 is 0 Å². The predicted molar refractivity (Wildman–Crippen MR) is 83.5 cm³/mol. The van der Waals surface area contributed by atoms with Crippen LogP contribution < -0.4 is 5.32 Å². The molecule has 0 bridgehead atoms. The third-order valence-electron chi connectivity index (χ3n) is 3.13. The summed E-state index contributed by atoms with van der Waals surface area (Å²) < 4.78 is 1.06. The summed E-state index contributed by atoms with van der Waals surface area (Å²) in [7, 11) is 0. The molecule has 0 radical (unpaired) electrons. The second-order valence-electron chi connectivity index (χ2n) is 4.64. The quantitative estimate of drug-likeness (QED) is 0.857. The van der Waals surface area contributed by atoms with Gasteiger partial charge in [0.05, 0.1) is 5.25 Å². The number of hydrogen-bond acceptors (Lipinski definition) is 3. The van der Waals surface area contributed by atoms with Crippen LogP contribution in [0.1, 0.15) is 13.3 Å². The summed E-state index contributed by atoms with van der Waals surface area (Å²) >= 11 is 5.05. The molecule has 1 amide bonds. The van der Waals surface area contributed by atoms with Gasteiger partial charge in [-0.2, -0.15) is 0 Å². The van der Waals surface area contributed by atoms with Crippen molar-refractivity contribution in [1.29, 1.82) is 0 Å². The number of nitrogens with one attached hydrogen (secondary N) is 1. The molecule has 1 atom stereocenters. The van der Waals surface area contributed by atoms with Crippen molar-refractivity contribution in [3.63, 3.8) is 0 Å². The molecule has 2 rings (SSSR count). The van der Waals surface area contributed by atoms with Crippen molar-refractivity contribution >= 4 is 33.6 Å². The summed E-state index contributed by atoms with van der Waals surface area (Å²) in [4.78, 5) is 15.5. The largest absolute Gasteiger partial charge is 0.340 e. The number of thioether (sulfide) groups is 1. The van der Waals surface area contributed by atoms with Crippen molar-refractivity contribution in [2.75, 3.05) is 26.2 Å². The number of halogens is 1. The Morgan fingerprint density at radius 1 is 1.32 bits per heavy atom. The summed E-state index contributed by atoms with van der Waals surface area (Å²) in [6.07, 6.45) is 1.04. The molecule has 3 nitrogen and oxygen atoms in total. The Bertz CT molecular complexity index is 416. The number of amides is 1. The normalized spacial score (nSPS) is 17.9. The molecular formula is C14H19BrN2OS. The Morgan fingerprint density at radius 2 is 2.05 bits per heavy atom. The van der Waals surface area contributed by atoms with Gasteiger partial charge in [-0.25, -0.2) is 0 Å².